The van der Waals surface area contributed by atoms with Gasteiger partial charge in [0.15, 0.2) is 0 Å². The molecule has 3 N–H and O–H groups in total. The molecule has 0 radical (unpaired) electrons. The van der Waals surface area contributed by atoms with Crippen LogP contribution in [0.2, 0.25) is 10.0 Å². The van der Waals surface area contributed by atoms with E-state index in [4.69, 9.17) is 34.0 Å². The van der Waals surface area contributed by atoms with E-state index in [0.717, 1.165) is 0 Å². The third kappa shape index (κ3) is 3.60. The molecule has 0 aromatic heterocycles. The predicted octanol–water partition coefficient (Wildman–Crippen LogP) is 3.49. The monoisotopic (exact) mass is 275 g/mol. The van der Waals surface area contributed by atoms with Crippen LogP contribution in [0.3, 0.4) is 0 Å². The molecule has 0 amide bonds. The van der Waals surface area contributed by atoms with Gasteiger partial charge in [0.2, 0.25) is 0 Å². The zero-order valence-electron chi connectivity index (χ0n) is 9.71. The van der Waals surface area contributed by atoms with Gasteiger partial charge in [0.05, 0.1) is 5.41 Å². The number of carboxylic acids is 1. The average molecular weight is 276 g/mol. The van der Waals surface area contributed by atoms with Gasteiger partial charge in [0.25, 0.3) is 0 Å². The van der Waals surface area contributed by atoms with E-state index in [-0.39, 0.29) is 0 Å². The maximum Gasteiger partial charge on any atom is 0.309 e. The van der Waals surface area contributed by atoms with Gasteiger partial charge in [-0.1, -0.05) is 29.3 Å². The van der Waals surface area contributed by atoms with Crippen molar-refractivity contribution in [2.45, 2.75) is 26.3 Å². The van der Waals surface area contributed by atoms with Crippen molar-refractivity contribution in [2.75, 3.05) is 0 Å². The SMILES string of the molecule is CC(C)(CC(N)c1ccc(Cl)cc1Cl)C(=O)O. The number of halogens is 2. The van der Waals surface area contributed by atoms with Crippen LogP contribution < -0.4 is 5.73 Å². The second kappa shape index (κ2) is 5.25. The minimum Gasteiger partial charge on any atom is -0.481 e. The molecule has 0 saturated carbocycles. The van der Waals surface area contributed by atoms with Crippen molar-refractivity contribution < 1.29 is 9.90 Å². The van der Waals surface area contributed by atoms with E-state index in [9.17, 15) is 4.79 Å². The van der Waals surface area contributed by atoms with Crippen molar-refractivity contribution in [3.63, 3.8) is 0 Å². The highest BCUT2D eigenvalue weighted by atomic mass is 35.5. The number of carboxylic acid groups (broad SMARTS) is 1. The molecule has 0 heterocycles. The standard InChI is InChI=1S/C12H15Cl2NO2/c1-12(2,11(16)17)6-10(15)8-4-3-7(13)5-9(8)14/h3-5,10H,6,15H2,1-2H3,(H,16,17). The molecule has 0 saturated heterocycles. The molecule has 5 heteroatoms. The molecule has 1 unspecified atom stereocenters. The van der Waals surface area contributed by atoms with E-state index in [2.05, 4.69) is 0 Å². The molecule has 0 fully saturated rings. The lowest BCUT2D eigenvalue weighted by molar-refractivity contribution is -0.147. The highest BCUT2D eigenvalue weighted by Gasteiger charge is 2.30. The summed E-state index contributed by atoms with van der Waals surface area (Å²) in [6, 6.07) is 4.60. The van der Waals surface area contributed by atoms with Gasteiger partial charge in [-0.05, 0) is 38.0 Å². The summed E-state index contributed by atoms with van der Waals surface area (Å²) in [4.78, 5) is 11.0. The Kier molecular flexibility index (Phi) is 4.42. The Hall–Kier alpha value is -0.770. The van der Waals surface area contributed by atoms with Crippen molar-refractivity contribution in [3.05, 3.63) is 33.8 Å². The topological polar surface area (TPSA) is 63.3 Å². The Morgan fingerprint density at radius 2 is 2.06 bits per heavy atom. The molecule has 0 aliphatic heterocycles. The maximum atomic E-state index is 11.0. The summed E-state index contributed by atoms with van der Waals surface area (Å²) >= 11 is 11.8. The number of hydrogen-bond donors (Lipinski definition) is 2. The van der Waals surface area contributed by atoms with Gasteiger partial charge < -0.3 is 10.8 Å². The first-order chi connectivity index (χ1) is 7.74. The van der Waals surface area contributed by atoms with Crippen LogP contribution in [0.25, 0.3) is 0 Å². The van der Waals surface area contributed by atoms with Crippen LogP contribution in [-0.4, -0.2) is 11.1 Å². The van der Waals surface area contributed by atoms with E-state index >= 15 is 0 Å². The van der Waals surface area contributed by atoms with Crippen molar-refractivity contribution >= 4 is 29.2 Å². The Balaban J connectivity index is 2.90. The molecular formula is C12H15Cl2NO2. The van der Waals surface area contributed by atoms with Gasteiger partial charge in [-0.2, -0.15) is 0 Å². The number of aliphatic carboxylic acids is 1. The lowest BCUT2D eigenvalue weighted by atomic mass is 9.84. The summed E-state index contributed by atoms with van der Waals surface area (Å²) in [5.74, 6) is -0.877. The van der Waals surface area contributed by atoms with Crippen LogP contribution in [0.1, 0.15) is 31.9 Å². The first kappa shape index (κ1) is 14.3. The fourth-order valence-electron chi connectivity index (χ4n) is 1.55. The summed E-state index contributed by atoms with van der Waals surface area (Å²) in [5, 5.41) is 10.0. The van der Waals surface area contributed by atoms with Crippen molar-refractivity contribution in [3.8, 4) is 0 Å². The van der Waals surface area contributed by atoms with Crippen LogP contribution in [0.5, 0.6) is 0 Å². The first-order valence-corrected chi connectivity index (χ1v) is 5.93. The van der Waals surface area contributed by atoms with Gasteiger partial charge in [0.1, 0.15) is 0 Å². The van der Waals surface area contributed by atoms with Crippen LogP contribution in [0.15, 0.2) is 18.2 Å². The minimum atomic E-state index is -0.887. The van der Waals surface area contributed by atoms with E-state index in [1.807, 2.05) is 0 Å². The minimum absolute atomic E-state index is 0.309. The van der Waals surface area contributed by atoms with Crippen molar-refractivity contribution in [2.24, 2.45) is 11.1 Å². The quantitative estimate of drug-likeness (QED) is 0.884. The molecule has 1 aromatic rings. The van der Waals surface area contributed by atoms with Crippen LogP contribution in [0.4, 0.5) is 0 Å². The zero-order valence-corrected chi connectivity index (χ0v) is 11.2. The predicted molar refractivity (Wildman–Crippen MR) is 69.4 cm³/mol. The molecule has 1 rings (SSSR count). The summed E-state index contributed by atoms with van der Waals surface area (Å²) in [6.45, 7) is 3.28. The molecule has 94 valence electrons. The Labute approximate surface area is 111 Å². The number of nitrogens with two attached hydrogens (primary N) is 1. The van der Waals surface area contributed by atoms with Crippen LogP contribution in [0, 0.1) is 5.41 Å². The van der Waals surface area contributed by atoms with Gasteiger partial charge in [-0.25, -0.2) is 0 Å². The highest BCUT2D eigenvalue weighted by molar-refractivity contribution is 6.35. The fourth-order valence-corrected chi connectivity index (χ4v) is 2.10. The lowest BCUT2D eigenvalue weighted by Crippen LogP contribution is -2.29. The summed E-state index contributed by atoms with van der Waals surface area (Å²) in [7, 11) is 0. The second-order valence-electron chi connectivity index (χ2n) is 4.67. The second-order valence-corrected chi connectivity index (χ2v) is 5.51. The number of carbonyl (C=O) groups is 1. The number of benzene rings is 1. The molecule has 0 bridgehead atoms. The molecule has 1 aromatic carbocycles. The molecule has 0 aliphatic carbocycles. The van der Waals surface area contributed by atoms with E-state index in [1.54, 1.807) is 32.0 Å². The number of rotatable bonds is 4. The maximum absolute atomic E-state index is 11.0. The third-order valence-corrected chi connectivity index (χ3v) is 3.23. The summed E-state index contributed by atoms with van der Waals surface area (Å²) < 4.78 is 0. The third-order valence-electron chi connectivity index (χ3n) is 2.67. The van der Waals surface area contributed by atoms with Gasteiger partial charge in [-0.3, -0.25) is 4.79 Å². The van der Waals surface area contributed by atoms with Gasteiger partial charge in [-0.15, -0.1) is 0 Å². The molecule has 3 nitrogen and oxygen atoms in total. The van der Waals surface area contributed by atoms with E-state index < -0.39 is 17.4 Å². The molecule has 0 spiro atoms. The molecule has 17 heavy (non-hydrogen) atoms. The van der Waals surface area contributed by atoms with Crippen molar-refractivity contribution in [1.29, 1.82) is 0 Å². The van der Waals surface area contributed by atoms with Crippen molar-refractivity contribution in [1.82, 2.24) is 0 Å². The van der Waals surface area contributed by atoms with Gasteiger partial charge >= 0.3 is 5.97 Å². The van der Waals surface area contributed by atoms with Crippen LogP contribution in [-0.2, 0) is 4.79 Å². The zero-order chi connectivity index (χ0) is 13.2. The van der Waals surface area contributed by atoms with E-state index in [1.165, 1.54) is 0 Å². The molecule has 0 aliphatic rings. The lowest BCUT2D eigenvalue weighted by Gasteiger charge is -2.24. The highest BCUT2D eigenvalue weighted by Crippen LogP contribution is 2.33. The Bertz CT molecular complexity index is 433. The molecule has 1 atom stereocenters. The van der Waals surface area contributed by atoms with Gasteiger partial charge in [0, 0.05) is 16.1 Å². The first-order valence-electron chi connectivity index (χ1n) is 5.18. The smallest absolute Gasteiger partial charge is 0.309 e. The normalized spacial score (nSPS) is 13.5. The Morgan fingerprint density at radius 1 is 1.47 bits per heavy atom. The average Bonchev–Trinajstić information content (AvgIpc) is 2.15. The van der Waals surface area contributed by atoms with Crippen LogP contribution >= 0.6 is 23.2 Å². The summed E-state index contributed by atoms with van der Waals surface area (Å²) in [5.41, 5.74) is 5.81. The van der Waals surface area contributed by atoms with E-state index in [0.29, 0.717) is 22.0 Å². The Morgan fingerprint density at radius 3 is 2.53 bits per heavy atom. The summed E-state index contributed by atoms with van der Waals surface area (Å²) in [6.07, 6.45) is 0.309. The fraction of sp³-hybridized carbons (Fsp3) is 0.417. The number of hydrogen-bond acceptors (Lipinski definition) is 2. The largest absolute Gasteiger partial charge is 0.481 e. The molecular weight excluding hydrogens is 261 g/mol.